The van der Waals surface area contributed by atoms with Gasteiger partial charge in [0.15, 0.2) is 5.16 Å². The van der Waals surface area contributed by atoms with Crippen LogP contribution in [0.25, 0.3) is 0 Å². The van der Waals surface area contributed by atoms with Gasteiger partial charge in [-0.2, -0.15) is 0 Å². The number of ether oxygens (including phenoxy) is 2. The Bertz CT molecular complexity index is 837. The summed E-state index contributed by atoms with van der Waals surface area (Å²) in [5.74, 6) is 0.155. The van der Waals surface area contributed by atoms with Gasteiger partial charge in [-0.15, -0.1) is 10.2 Å². The average Bonchev–Trinajstić information content (AvgIpc) is 3.41. The molecule has 0 N–H and O–H groups in total. The van der Waals surface area contributed by atoms with Gasteiger partial charge in [-0.05, 0) is 30.9 Å². The Labute approximate surface area is 175 Å². The van der Waals surface area contributed by atoms with E-state index in [-0.39, 0.29) is 23.4 Å². The van der Waals surface area contributed by atoms with Crippen molar-refractivity contribution in [3.8, 4) is 0 Å². The predicted octanol–water partition coefficient (Wildman–Crippen LogP) is 2.62. The predicted molar refractivity (Wildman–Crippen MR) is 111 cm³/mol. The first-order valence-electron chi connectivity index (χ1n) is 10.2. The average molecular weight is 417 g/mol. The summed E-state index contributed by atoms with van der Waals surface area (Å²) in [5.41, 5.74) is 2.22. The van der Waals surface area contributed by atoms with Crippen LogP contribution in [0.2, 0.25) is 0 Å². The highest BCUT2D eigenvalue weighted by atomic mass is 32.2. The third-order valence-electron chi connectivity index (χ3n) is 5.55. The first-order chi connectivity index (χ1) is 14.1. The molecule has 2 aliphatic heterocycles. The fraction of sp³-hybridized carbons (Fsp3) is 0.571. The van der Waals surface area contributed by atoms with Crippen LogP contribution >= 0.6 is 11.8 Å². The summed E-state index contributed by atoms with van der Waals surface area (Å²) in [6.07, 6.45) is 4.35. The number of carbonyl (C=O) groups excluding carboxylic acids is 1. The van der Waals surface area contributed by atoms with Crippen molar-refractivity contribution >= 4 is 17.7 Å². The van der Waals surface area contributed by atoms with Crippen LogP contribution in [0.4, 0.5) is 0 Å². The molecule has 8 heteroatoms. The van der Waals surface area contributed by atoms with Gasteiger partial charge in [0.25, 0.3) is 0 Å². The summed E-state index contributed by atoms with van der Waals surface area (Å²) < 4.78 is 13.5. The van der Waals surface area contributed by atoms with E-state index in [1.165, 1.54) is 5.56 Å². The molecular weight excluding hydrogens is 388 g/mol. The lowest BCUT2D eigenvalue weighted by atomic mass is 10.0. The van der Waals surface area contributed by atoms with Crippen LogP contribution in [0.1, 0.15) is 36.1 Å². The SMILES string of the molecule is C[C@H](Sc1nncn1C)c1cccc(CC(=O)N2CCO[C@@H]([C@H]3CCCO3)C2)c1. The number of carbonyl (C=O) groups is 1. The maximum Gasteiger partial charge on any atom is 0.227 e. The molecule has 0 saturated carbocycles. The second-order valence-corrected chi connectivity index (χ2v) is 9.01. The highest BCUT2D eigenvalue weighted by Crippen LogP contribution is 2.33. The molecule has 2 fully saturated rings. The Kier molecular flexibility index (Phi) is 6.52. The Morgan fingerprint density at radius 2 is 2.17 bits per heavy atom. The van der Waals surface area contributed by atoms with Gasteiger partial charge in [0.2, 0.25) is 5.91 Å². The van der Waals surface area contributed by atoms with E-state index in [1.807, 2.05) is 28.6 Å². The van der Waals surface area contributed by atoms with Gasteiger partial charge in [-0.25, -0.2) is 0 Å². The van der Waals surface area contributed by atoms with Gasteiger partial charge >= 0.3 is 0 Å². The lowest BCUT2D eigenvalue weighted by Gasteiger charge is -2.35. The molecule has 156 valence electrons. The van der Waals surface area contributed by atoms with Crippen LogP contribution in [0.15, 0.2) is 35.7 Å². The van der Waals surface area contributed by atoms with Crippen LogP contribution < -0.4 is 0 Å². The molecule has 2 aliphatic rings. The van der Waals surface area contributed by atoms with Crippen LogP contribution in [0.3, 0.4) is 0 Å². The standard InChI is InChI=1S/C21H28N4O3S/c1-15(29-21-23-22-14-24(21)2)17-6-3-5-16(11-17)12-20(26)25-8-10-28-19(13-25)18-7-4-9-27-18/h3,5-6,11,14-15,18-19H,4,7-10,12-13H2,1-2H3/t15-,18+,19+/m0/s1. The Balaban J connectivity index is 1.37. The molecule has 3 heterocycles. The monoisotopic (exact) mass is 416 g/mol. The summed E-state index contributed by atoms with van der Waals surface area (Å²) in [5, 5.41) is 9.18. The van der Waals surface area contributed by atoms with Gasteiger partial charge in [-0.3, -0.25) is 4.79 Å². The third-order valence-corrected chi connectivity index (χ3v) is 6.76. The van der Waals surface area contributed by atoms with Crippen LogP contribution in [0, 0.1) is 0 Å². The molecule has 0 radical (unpaired) electrons. The minimum atomic E-state index is 0.00403. The summed E-state index contributed by atoms with van der Waals surface area (Å²) in [6.45, 7) is 4.81. The van der Waals surface area contributed by atoms with Gasteiger partial charge in [0.1, 0.15) is 12.4 Å². The van der Waals surface area contributed by atoms with Crippen molar-refractivity contribution in [2.75, 3.05) is 26.3 Å². The van der Waals surface area contributed by atoms with E-state index in [4.69, 9.17) is 9.47 Å². The minimum Gasteiger partial charge on any atom is -0.375 e. The van der Waals surface area contributed by atoms with Crippen molar-refractivity contribution < 1.29 is 14.3 Å². The Morgan fingerprint density at radius 3 is 2.93 bits per heavy atom. The molecule has 3 atom stereocenters. The van der Waals surface area contributed by atoms with Crippen LogP contribution in [-0.4, -0.2) is 64.1 Å². The second-order valence-electron chi connectivity index (χ2n) is 7.71. The second kappa shape index (κ2) is 9.28. The number of thioether (sulfide) groups is 1. The zero-order chi connectivity index (χ0) is 20.2. The van der Waals surface area contributed by atoms with E-state index in [2.05, 4.69) is 29.3 Å². The van der Waals surface area contributed by atoms with Gasteiger partial charge in [-0.1, -0.05) is 36.0 Å². The largest absolute Gasteiger partial charge is 0.375 e. The maximum absolute atomic E-state index is 12.9. The van der Waals surface area contributed by atoms with E-state index < -0.39 is 0 Å². The Morgan fingerprint density at radius 1 is 1.31 bits per heavy atom. The van der Waals surface area contributed by atoms with E-state index in [9.17, 15) is 4.79 Å². The fourth-order valence-corrected chi connectivity index (χ4v) is 4.78. The highest BCUT2D eigenvalue weighted by Gasteiger charge is 2.32. The number of rotatable bonds is 6. The summed E-state index contributed by atoms with van der Waals surface area (Å²) in [7, 11) is 1.94. The molecule has 1 aromatic heterocycles. The molecule has 0 aliphatic carbocycles. The zero-order valence-corrected chi connectivity index (χ0v) is 17.8. The molecule has 29 heavy (non-hydrogen) atoms. The van der Waals surface area contributed by atoms with Crippen molar-refractivity contribution in [3.05, 3.63) is 41.7 Å². The summed E-state index contributed by atoms with van der Waals surface area (Å²) in [4.78, 5) is 14.8. The van der Waals surface area contributed by atoms with Crippen molar-refractivity contribution in [1.82, 2.24) is 19.7 Å². The third kappa shape index (κ3) is 4.99. The number of morpholine rings is 1. The smallest absolute Gasteiger partial charge is 0.227 e. The van der Waals surface area contributed by atoms with Crippen molar-refractivity contribution in [2.24, 2.45) is 7.05 Å². The molecule has 1 amide bonds. The van der Waals surface area contributed by atoms with E-state index in [1.54, 1.807) is 18.1 Å². The molecule has 0 spiro atoms. The molecule has 0 unspecified atom stereocenters. The number of benzene rings is 1. The molecule has 2 saturated heterocycles. The number of nitrogens with zero attached hydrogens (tertiary/aromatic N) is 4. The maximum atomic E-state index is 12.9. The molecular formula is C21H28N4O3S. The molecule has 1 aromatic carbocycles. The van der Waals surface area contributed by atoms with Crippen LogP contribution in [0.5, 0.6) is 0 Å². The first kappa shape index (κ1) is 20.4. The van der Waals surface area contributed by atoms with Gasteiger partial charge in [0.05, 0.1) is 19.1 Å². The number of aryl methyl sites for hydroxylation is 1. The summed E-state index contributed by atoms with van der Waals surface area (Å²) in [6, 6.07) is 8.29. The molecule has 0 bridgehead atoms. The number of hydrogen-bond acceptors (Lipinski definition) is 6. The van der Waals surface area contributed by atoms with Crippen molar-refractivity contribution in [1.29, 1.82) is 0 Å². The lowest BCUT2D eigenvalue weighted by molar-refractivity contribution is -0.144. The summed E-state index contributed by atoms with van der Waals surface area (Å²) >= 11 is 1.66. The van der Waals surface area contributed by atoms with E-state index in [0.29, 0.717) is 26.1 Å². The van der Waals surface area contributed by atoms with Crippen LogP contribution in [-0.2, 0) is 27.7 Å². The van der Waals surface area contributed by atoms with Gasteiger partial charge in [0, 0.05) is 32.0 Å². The van der Waals surface area contributed by atoms with Crippen molar-refractivity contribution in [3.63, 3.8) is 0 Å². The highest BCUT2D eigenvalue weighted by molar-refractivity contribution is 7.99. The zero-order valence-electron chi connectivity index (χ0n) is 17.0. The van der Waals surface area contributed by atoms with Gasteiger partial charge < -0.3 is 18.9 Å². The molecule has 4 rings (SSSR count). The van der Waals surface area contributed by atoms with E-state index in [0.717, 1.165) is 30.2 Å². The topological polar surface area (TPSA) is 69.5 Å². The normalized spacial score (nSPS) is 23.3. The number of aromatic nitrogens is 3. The first-order valence-corrected chi connectivity index (χ1v) is 11.1. The number of hydrogen-bond donors (Lipinski definition) is 0. The lowest BCUT2D eigenvalue weighted by Crippen LogP contribution is -2.50. The molecule has 7 nitrogen and oxygen atoms in total. The van der Waals surface area contributed by atoms with Crippen molar-refractivity contribution in [2.45, 2.75) is 48.8 Å². The Hall–Kier alpha value is -1.90. The number of amides is 1. The van der Waals surface area contributed by atoms with E-state index >= 15 is 0 Å². The molecule has 2 aromatic rings. The minimum absolute atomic E-state index is 0.00403. The quantitative estimate of drug-likeness (QED) is 0.675. The fourth-order valence-electron chi connectivity index (χ4n) is 3.87.